The van der Waals surface area contributed by atoms with Crippen molar-refractivity contribution in [2.24, 2.45) is 0 Å². The van der Waals surface area contributed by atoms with E-state index in [0.29, 0.717) is 5.75 Å². The lowest BCUT2D eigenvalue weighted by Gasteiger charge is -2.35. The number of benzene rings is 4. The summed E-state index contributed by atoms with van der Waals surface area (Å²) in [6, 6.07) is 31.0. The number of hydrogen-bond acceptors (Lipinski definition) is 5. The summed E-state index contributed by atoms with van der Waals surface area (Å²) in [5.41, 5.74) is 2.22. The van der Waals surface area contributed by atoms with Gasteiger partial charge >= 0.3 is 0 Å². The average molecular weight is 628 g/mol. The molecule has 0 radical (unpaired) electrons. The van der Waals surface area contributed by atoms with Gasteiger partial charge in [0.15, 0.2) is 0 Å². The van der Waals surface area contributed by atoms with E-state index in [4.69, 9.17) is 4.74 Å². The van der Waals surface area contributed by atoms with Crippen molar-refractivity contribution in [3.8, 4) is 5.75 Å². The molecule has 0 heterocycles. The lowest BCUT2D eigenvalue weighted by Crippen LogP contribution is -2.56. The number of anilines is 1. The molecule has 0 aliphatic rings. The number of nitrogens with one attached hydrogen (secondary N) is 1. The zero-order valence-electron chi connectivity index (χ0n) is 26.4. The second kappa shape index (κ2) is 14.4. The molecule has 0 bridgehead atoms. The van der Waals surface area contributed by atoms with E-state index in [0.717, 1.165) is 21.0 Å². The SMILES string of the molecule is COc1ccccc1N(CC(=O)N(Cc1ccccc1)[C@@H](Cc1ccccc1)C(=O)NC(C)(C)C)S(=O)(=O)c1ccc(C)cc1. The summed E-state index contributed by atoms with van der Waals surface area (Å²) in [7, 11) is -2.78. The molecule has 0 aromatic heterocycles. The fourth-order valence-electron chi connectivity index (χ4n) is 4.97. The summed E-state index contributed by atoms with van der Waals surface area (Å²) < 4.78 is 35.1. The first-order chi connectivity index (χ1) is 21.4. The van der Waals surface area contributed by atoms with Crippen LogP contribution in [0.1, 0.15) is 37.5 Å². The molecule has 0 fully saturated rings. The molecular formula is C36H41N3O5S. The first-order valence-electron chi connectivity index (χ1n) is 14.8. The van der Waals surface area contributed by atoms with Crippen molar-refractivity contribution in [3.05, 3.63) is 126 Å². The molecule has 4 aromatic carbocycles. The van der Waals surface area contributed by atoms with Crippen molar-refractivity contribution in [1.29, 1.82) is 0 Å². The van der Waals surface area contributed by atoms with Crippen LogP contribution >= 0.6 is 0 Å². The maximum absolute atomic E-state index is 14.6. The molecule has 4 rings (SSSR count). The van der Waals surface area contributed by atoms with Gasteiger partial charge in [-0.1, -0.05) is 90.5 Å². The number of carbonyl (C=O) groups is 2. The minimum Gasteiger partial charge on any atom is -0.495 e. The zero-order valence-corrected chi connectivity index (χ0v) is 27.3. The van der Waals surface area contributed by atoms with E-state index < -0.39 is 34.1 Å². The summed E-state index contributed by atoms with van der Waals surface area (Å²) in [4.78, 5) is 30.0. The molecule has 45 heavy (non-hydrogen) atoms. The van der Waals surface area contributed by atoms with Crippen LogP contribution < -0.4 is 14.4 Å². The summed E-state index contributed by atoms with van der Waals surface area (Å²) in [5, 5.41) is 3.04. The standard InChI is InChI=1S/C36H41N3O5S/c1-27-20-22-30(23-21-27)45(42,43)39(31-18-12-13-19-33(31)44-5)26-34(40)38(25-29-16-10-7-11-17-29)32(35(41)37-36(2,3)4)24-28-14-8-6-9-15-28/h6-23,32H,24-26H2,1-5H3,(H,37,41)/t32-/m0/s1. The van der Waals surface area contributed by atoms with Crippen molar-refractivity contribution >= 4 is 27.5 Å². The fraction of sp³-hybridized carbons (Fsp3) is 0.278. The Morgan fingerprint density at radius 1 is 0.800 bits per heavy atom. The molecule has 4 aromatic rings. The number of aryl methyl sites for hydroxylation is 1. The highest BCUT2D eigenvalue weighted by Crippen LogP contribution is 2.33. The third-order valence-electron chi connectivity index (χ3n) is 7.21. The van der Waals surface area contributed by atoms with Gasteiger partial charge in [0, 0.05) is 18.5 Å². The van der Waals surface area contributed by atoms with E-state index in [9.17, 15) is 18.0 Å². The Kier molecular flexibility index (Phi) is 10.7. The number of hydrogen-bond donors (Lipinski definition) is 1. The quantitative estimate of drug-likeness (QED) is 0.216. The normalized spacial score (nSPS) is 12.2. The maximum atomic E-state index is 14.6. The van der Waals surface area contributed by atoms with E-state index in [1.54, 1.807) is 36.4 Å². The molecule has 236 valence electrons. The Morgan fingerprint density at radius 3 is 1.93 bits per heavy atom. The van der Waals surface area contributed by atoms with Crippen molar-refractivity contribution < 1.29 is 22.7 Å². The number of nitrogens with zero attached hydrogens (tertiary/aromatic N) is 2. The minimum atomic E-state index is -4.23. The smallest absolute Gasteiger partial charge is 0.264 e. The van der Waals surface area contributed by atoms with Gasteiger partial charge in [-0.3, -0.25) is 13.9 Å². The third-order valence-corrected chi connectivity index (χ3v) is 8.98. The number of amides is 2. The Morgan fingerprint density at radius 2 is 1.36 bits per heavy atom. The largest absolute Gasteiger partial charge is 0.495 e. The molecule has 0 aliphatic carbocycles. The van der Waals surface area contributed by atoms with Crippen molar-refractivity contribution in [2.45, 2.75) is 57.1 Å². The molecule has 0 spiro atoms. The summed E-state index contributed by atoms with van der Waals surface area (Å²) in [5.74, 6) is -0.576. The molecular weight excluding hydrogens is 586 g/mol. The van der Waals surface area contributed by atoms with Gasteiger partial charge < -0.3 is 15.0 Å². The van der Waals surface area contributed by atoms with Crippen LogP contribution in [-0.2, 0) is 32.6 Å². The van der Waals surface area contributed by atoms with Gasteiger partial charge in [0.2, 0.25) is 11.8 Å². The van der Waals surface area contributed by atoms with Crippen LogP contribution in [0.25, 0.3) is 0 Å². The second-order valence-electron chi connectivity index (χ2n) is 11.9. The second-order valence-corrected chi connectivity index (χ2v) is 13.8. The van der Waals surface area contributed by atoms with Crippen molar-refractivity contribution in [1.82, 2.24) is 10.2 Å². The number of carbonyl (C=O) groups excluding carboxylic acids is 2. The Labute approximate surface area is 266 Å². The van der Waals surface area contributed by atoms with Gasteiger partial charge in [0.1, 0.15) is 18.3 Å². The lowest BCUT2D eigenvalue weighted by molar-refractivity contribution is -0.140. The van der Waals surface area contributed by atoms with Gasteiger partial charge in [-0.25, -0.2) is 8.42 Å². The van der Waals surface area contributed by atoms with E-state index in [-0.39, 0.29) is 29.5 Å². The number of methoxy groups -OCH3 is 1. The molecule has 9 heteroatoms. The summed E-state index contributed by atoms with van der Waals surface area (Å²) in [6.07, 6.45) is 0.237. The van der Waals surface area contributed by atoms with Gasteiger partial charge in [0.25, 0.3) is 10.0 Å². The number of ether oxygens (including phenoxy) is 1. The third kappa shape index (κ3) is 8.73. The molecule has 1 N–H and O–H groups in total. The Hall–Kier alpha value is -4.63. The fourth-order valence-corrected chi connectivity index (χ4v) is 6.40. The van der Waals surface area contributed by atoms with E-state index in [1.165, 1.54) is 24.1 Å². The highest BCUT2D eigenvalue weighted by molar-refractivity contribution is 7.92. The Balaban J connectivity index is 1.83. The van der Waals surface area contributed by atoms with Crippen LogP contribution in [0.3, 0.4) is 0 Å². The molecule has 0 saturated carbocycles. The van der Waals surface area contributed by atoms with Crippen LogP contribution in [0.4, 0.5) is 5.69 Å². The molecule has 2 amide bonds. The van der Waals surface area contributed by atoms with E-state index >= 15 is 0 Å². The minimum absolute atomic E-state index is 0.0349. The van der Waals surface area contributed by atoms with Gasteiger partial charge in [-0.2, -0.15) is 0 Å². The van der Waals surface area contributed by atoms with E-state index in [1.807, 2.05) is 88.4 Å². The lowest BCUT2D eigenvalue weighted by atomic mass is 10.0. The van der Waals surface area contributed by atoms with Crippen LogP contribution in [0.2, 0.25) is 0 Å². The van der Waals surface area contributed by atoms with Crippen molar-refractivity contribution in [3.63, 3.8) is 0 Å². The molecule has 8 nitrogen and oxygen atoms in total. The average Bonchev–Trinajstić information content (AvgIpc) is 3.01. The van der Waals surface area contributed by atoms with Crippen LogP contribution in [0.5, 0.6) is 5.75 Å². The predicted molar refractivity (Wildman–Crippen MR) is 178 cm³/mol. The van der Waals surface area contributed by atoms with E-state index in [2.05, 4.69) is 5.32 Å². The van der Waals surface area contributed by atoms with Gasteiger partial charge in [-0.15, -0.1) is 0 Å². The highest BCUT2D eigenvalue weighted by atomic mass is 32.2. The van der Waals surface area contributed by atoms with Crippen LogP contribution in [0, 0.1) is 6.92 Å². The van der Waals surface area contributed by atoms with Crippen molar-refractivity contribution in [2.75, 3.05) is 18.0 Å². The zero-order chi connectivity index (χ0) is 32.6. The molecule has 0 saturated heterocycles. The highest BCUT2D eigenvalue weighted by Gasteiger charge is 2.36. The van der Waals surface area contributed by atoms with Gasteiger partial charge in [-0.05, 0) is 63.1 Å². The molecule has 1 atom stereocenters. The Bertz CT molecular complexity index is 1690. The van der Waals surface area contributed by atoms with Gasteiger partial charge in [0.05, 0.1) is 17.7 Å². The summed E-state index contributed by atoms with van der Waals surface area (Å²) in [6.45, 7) is 7.05. The maximum Gasteiger partial charge on any atom is 0.264 e. The molecule has 0 aliphatic heterocycles. The number of sulfonamides is 1. The predicted octanol–water partition coefficient (Wildman–Crippen LogP) is 5.75. The first-order valence-corrected chi connectivity index (χ1v) is 16.2. The number of para-hydroxylation sites is 2. The summed E-state index contributed by atoms with van der Waals surface area (Å²) >= 11 is 0. The van der Waals surface area contributed by atoms with Crippen LogP contribution in [-0.4, -0.2) is 50.4 Å². The van der Waals surface area contributed by atoms with Crippen LogP contribution in [0.15, 0.2) is 114 Å². The first kappa shape index (κ1) is 33.3. The number of rotatable bonds is 12. The topological polar surface area (TPSA) is 96.0 Å². The monoisotopic (exact) mass is 627 g/mol. The molecule has 0 unspecified atom stereocenters.